The van der Waals surface area contributed by atoms with Crippen LogP contribution in [-0.2, 0) is 11.3 Å². The third kappa shape index (κ3) is 6.58. The molecule has 0 radical (unpaired) electrons. The summed E-state index contributed by atoms with van der Waals surface area (Å²) in [7, 11) is 0. The van der Waals surface area contributed by atoms with E-state index >= 15 is 0 Å². The number of nitrogens with one attached hydrogen (secondary N) is 1. The topological polar surface area (TPSA) is 35.6 Å². The van der Waals surface area contributed by atoms with Gasteiger partial charge in [-0.15, -0.1) is 24.8 Å². The predicted molar refractivity (Wildman–Crippen MR) is 124 cm³/mol. The average Bonchev–Trinajstić information content (AvgIpc) is 3.11. The molecule has 3 saturated heterocycles. The van der Waals surface area contributed by atoms with Gasteiger partial charge in [0.25, 0.3) is 0 Å². The highest BCUT2D eigenvalue weighted by Crippen LogP contribution is 2.39. The van der Waals surface area contributed by atoms with Crippen LogP contribution >= 0.6 is 24.8 Å². The lowest BCUT2D eigenvalue weighted by Crippen LogP contribution is -2.45. The Morgan fingerprint density at radius 1 is 1.03 bits per heavy atom. The van der Waals surface area contributed by atoms with E-state index in [0.717, 1.165) is 58.0 Å². The molecule has 4 nitrogen and oxygen atoms in total. The molecule has 1 spiro atoms. The first-order chi connectivity index (χ1) is 13.2. The number of likely N-dealkylation sites (tertiary alicyclic amines) is 2. The Hall–Kier alpha value is -0.810. The van der Waals surface area contributed by atoms with E-state index in [2.05, 4.69) is 45.4 Å². The molecule has 1 aromatic carbocycles. The highest BCUT2D eigenvalue weighted by molar-refractivity contribution is 5.85. The van der Waals surface area contributed by atoms with E-state index in [4.69, 9.17) is 0 Å². The standard InChI is InChI=1S/C23H35N3O.2ClH/c27-22(8-7-20-9-13-24-14-10-20)26-16-12-23(19-26)11-4-15-25(18-23)17-21-5-2-1-3-6-21;;/h1-3,5-6,20,24H,4,7-19H2;2*1H. The van der Waals surface area contributed by atoms with Gasteiger partial charge < -0.3 is 10.2 Å². The monoisotopic (exact) mass is 441 g/mol. The van der Waals surface area contributed by atoms with Crippen molar-refractivity contribution in [3.05, 3.63) is 35.9 Å². The zero-order chi connectivity index (χ0) is 18.5. The lowest BCUT2D eigenvalue weighted by atomic mass is 9.79. The number of hydrogen-bond acceptors (Lipinski definition) is 3. The van der Waals surface area contributed by atoms with Crippen molar-refractivity contribution in [2.45, 2.75) is 51.5 Å². The molecule has 1 aromatic rings. The van der Waals surface area contributed by atoms with Crippen LogP contribution in [0, 0.1) is 11.3 Å². The van der Waals surface area contributed by atoms with E-state index in [-0.39, 0.29) is 24.8 Å². The van der Waals surface area contributed by atoms with Gasteiger partial charge in [0.1, 0.15) is 0 Å². The molecule has 6 heteroatoms. The number of carbonyl (C=O) groups is 1. The molecule has 1 N–H and O–H groups in total. The Morgan fingerprint density at radius 2 is 1.79 bits per heavy atom. The maximum absolute atomic E-state index is 12.8. The fourth-order valence-electron chi connectivity index (χ4n) is 5.42. The van der Waals surface area contributed by atoms with Gasteiger partial charge in [0, 0.05) is 38.0 Å². The Bertz CT molecular complexity index is 624. The summed E-state index contributed by atoms with van der Waals surface area (Å²) in [5.41, 5.74) is 1.75. The van der Waals surface area contributed by atoms with Crippen molar-refractivity contribution >= 4 is 30.7 Å². The molecule has 1 atom stereocenters. The molecule has 3 fully saturated rings. The third-order valence-electron chi connectivity index (χ3n) is 7.01. The average molecular weight is 442 g/mol. The van der Waals surface area contributed by atoms with Gasteiger partial charge in [0.15, 0.2) is 0 Å². The molecular weight excluding hydrogens is 405 g/mol. The zero-order valence-electron chi connectivity index (χ0n) is 17.5. The summed E-state index contributed by atoms with van der Waals surface area (Å²) in [6.07, 6.45) is 8.08. The van der Waals surface area contributed by atoms with Crippen LogP contribution in [0.4, 0.5) is 0 Å². The number of benzene rings is 1. The third-order valence-corrected chi connectivity index (χ3v) is 7.01. The summed E-state index contributed by atoms with van der Waals surface area (Å²) in [4.78, 5) is 17.6. The molecule has 1 unspecified atom stereocenters. The van der Waals surface area contributed by atoms with E-state index < -0.39 is 0 Å². The molecule has 0 saturated carbocycles. The fourth-order valence-corrected chi connectivity index (χ4v) is 5.42. The second-order valence-corrected chi connectivity index (χ2v) is 9.10. The molecule has 3 aliphatic heterocycles. The Kier molecular flexibility index (Phi) is 9.74. The van der Waals surface area contributed by atoms with E-state index in [1.165, 1.54) is 44.2 Å². The van der Waals surface area contributed by atoms with E-state index in [1.54, 1.807) is 0 Å². The van der Waals surface area contributed by atoms with Gasteiger partial charge in [0.2, 0.25) is 5.91 Å². The van der Waals surface area contributed by atoms with Crippen LogP contribution in [0.15, 0.2) is 30.3 Å². The van der Waals surface area contributed by atoms with Crippen molar-refractivity contribution in [2.24, 2.45) is 11.3 Å². The number of carbonyl (C=O) groups excluding carboxylic acids is 1. The summed E-state index contributed by atoms with van der Waals surface area (Å²) < 4.78 is 0. The van der Waals surface area contributed by atoms with Crippen LogP contribution in [0.2, 0.25) is 0 Å². The van der Waals surface area contributed by atoms with Gasteiger partial charge in [-0.1, -0.05) is 30.3 Å². The van der Waals surface area contributed by atoms with Gasteiger partial charge >= 0.3 is 0 Å². The maximum Gasteiger partial charge on any atom is 0.222 e. The van der Waals surface area contributed by atoms with Gasteiger partial charge in [0.05, 0.1) is 0 Å². The van der Waals surface area contributed by atoms with Gasteiger partial charge in [-0.2, -0.15) is 0 Å². The molecule has 0 aromatic heterocycles. The zero-order valence-corrected chi connectivity index (χ0v) is 19.1. The van der Waals surface area contributed by atoms with Crippen LogP contribution < -0.4 is 5.32 Å². The van der Waals surface area contributed by atoms with E-state index in [1.807, 2.05) is 0 Å². The number of amides is 1. The molecular formula is C23H37Cl2N3O. The van der Waals surface area contributed by atoms with Crippen LogP contribution in [0.3, 0.4) is 0 Å². The summed E-state index contributed by atoms with van der Waals surface area (Å²) in [5.74, 6) is 1.16. The first-order valence-corrected chi connectivity index (χ1v) is 11.0. The maximum atomic E-state index is 12.8. The molecule has 29 heavy (non-hydrogen) atoms. The largest absolute Gasteiger partial charge is 0.342 e. The van der Waals surface area contributed by atoms with Crippen molar-refractivity contribution in [1.82, 2.24) is 15.1 Å². The van der Waals surface area contributed by atoms with E-state index in [9.17, 15) is 4.79 Å². The smallest absolute Gasteiger partial charge is 0.222 e. The molecule has 164 valence electrons. The van der Waals surface area contributed by atoms with Gasteiger partial charge in [-0.05, 0) is 69.6 Å². The summed E-state index contributed by atoms with van der Waals surface area (Å²) in [6, 6.07) is 10.8. The van der Waals surface area contributed by atoms with Crippen molar-refractivity contribution in [1.29, 1.82) is 0 Å². The quantitative estimate of drug-likeness (QED) is 0.745. The Balaban J connectivity index is 0.00000150. The fraction of sp³-hybridized carbons (Fsp3) is 0.696. The first-order valence-electron chi connectivity index (χ1n) is 11.0. The number of nitrogens with zero attached hydrogens (tertiary/aromatic N) is 2. The summed E-state index contributed by atoms with van der Waals surface area (Å²) in [5, 5.41) is 3.42. The minimum atomic E-state index is 0. The van der Waals surface area contributed by atoms with Crippen molar-refractivity contribution in [2.75, 3.05) is 39.3 Å². The minimum absolute atomic E-state index is 0. The van der Waals surface area contributed by atoms with Crippen LogP contribution in [0.25, 0.3) is 0 Å². The Labute approximate surface area is 188 Å². The second-order valence-electron chi connectivity index (χ2n) is 9.10. The normalized spacial score (nSPS) is 25.4. The Morgan fingerprint density at radius 3 is 2.55 bits per heavy atom. The van der Waals surface area contributed by atoms with Crippen LogP contribution in [-0.4, -0.2) is 55.0 Å². The van der Waals surface area contributed by atoms with Crippen molar-refractivity contribution in [3.63, 3.8) is 0 Å². The van der Waals surface area contributed by atoms with Crippen molar-refractivity contribution < 1.29 is 4.79 Å². The highest BCUT2D eigenvalue weighted by Gasteiger charge is 2.42. The van der Waals surface area contributed by atoms with Gasteiger partial charge in [-0.25, -0.2) is 0 Å². The lowest BCUT2D eigenvalue weighted by molar-refractivity contribution is -0.131. The number of rotatable bonds is 5. The first kappa shape index (κ1) is 24.5. The van der Waals surface area contributed by atoms with Gasteiger partial charge in [-0.3, -0.25) is 9.69 Å². The molecule has 3 aliphatic rings. The molecule has 4 rings (SSSR count). The van der Waals surface area contributed by atoms with E-state index in [0.29, 0.717) is 11.3 Å². The second kappa shape index (κ2) is 11.5. The number of piperidine rings is 2. The minimum Gasteiger partial charge on any atom is -0.342 e. The molecule has 0 aliphatic carbocycles. The SMILES string of the molecule is Cl.Cl.O=C(CCC1CCNCC1)N1CCC2(CCCN(Cc3ccccc3)C2)C1. The lowest BCUT2D eigenvalue weighted by Gasteiger charge is -2.40. The molecule has 3 heterocycles. The van der Waals surface area contributed by atoms with Crippen LogP contribution in [0.5, 0.6) is 0 Å². The number of halogens is 2. The highest BCUT2D eigenvalue weighted by atomic mass is 35.5. The van der Waals surface area contributed by atoms with Crippen LogP contribution in [0.1, 0.15) is 50.5 Å². The summed E-state index contributed by atoms with van der Waals surface area (Å²) in [6.45, 7) is 7.62. The molecule has 1 amide bonds. The summed E-state index contributed by atoms with van der Waals surface area (Å²) >= 11 is 0. The van der Waals surface area contributed by atoms with Crippen molar-refractivity contribution in [3.8, 4) is 0 Å². The number of hydrogen-bond donors (Lipinski definition) is 1. The molecule has 0 bridgehead atoms. The predicted octanol–water partition coefficient (Wildman–Crippen LogP) is 4.12.